The molecular weight excluding hydrogens is 259 g/mol. The predicted molar refractivity (Wildman–Crippen MR) is 75.1 cm³/mol. The Labute approximate surface area is 139 Å². The van der Waals surface area contributed by atoms with Gasteiger partial charge in [0.2, 0.25) is 0 Å². The molecule has 0 saturated carbocycles. The van der Waals surface area contributed by atoms with Crippen molar-refractivity contribution < 1.29 is 34.7 Å². The molecule has 0 radical (unpaired) electrons. The minimum absolute atomic E-state index is 0. The van der Waals surface area contributed by atoms with Crippen LogP contribution >= 0.6 is 0 Å². The first-order valence-corrected chi connectivity index (χ1v) is 6.04. The van der Waals surface area contributed by atoms with E-state index in [9.17, 15) is 9.90 Å². The summed E-state index contributed by atoms with van der Waals surface area (Å²) in [6.45, 7) is 0. The van der Waals surface area contributed by atoms with E-state index in [0.717, 1.165) is 16.5 Å². The maximum Gasteiger partial charge on any atom is 1.00 e. The van der Waals surface area contributed by atoms with Gasteiger partial charge in [-0.05, 0) is 34.0 Å². The number of rotatable bonds is 1. The molecule has 3 rings (SSSR count). The van der Waals surface area contributed by atoms with Crippen molar-refractivity contribution in [3.63, 3.8) is 0 Å². The van der Waals surface area contributed by atoms with Crippen molar-refractivity contribution in [1.29, 1.82) is 0 Å². The van der Waals surface area contributed by atoms with Gasteiger partial charge in [-0.1, -0.05) is 60.3 Å². The third-order valence-electron chi connectivity index (χ3n) is 3.15. The van der Waals surface area contributed by atoms with E-state index in [2.05, 4.69) is 12.1 Å². The van der Waals surface area contributed by atoms with Crippen molar-refractivity contribution in [2.24, 2.45) is 0 Å². The summed E-state index contributed by atoms with van der Waals surface area (Å²) in [6.07, 6.45) is 0. The Morgan fingerprint density at radius 2 is 1.35 bits per heavy atom. The standard InChI is InChI=1S/C17H12O2.Na/c18-16-9-7-13(8-10-17(16)19)15-6-5-12-3-1-2-4-14(12)11-15;/h1-11H,(H,18,19);/q;+1/p-1. The van der Waals surface area contributed by atoms with Crippen LogP contribution in [-0.2, 0) is 0 Å². The first kappa shape index (κ1) is 14.8. The summed E-state index contributed by atoms with van der Waals surface area (Å²) in [7, 11) is 0. The SMILES string of the molecule is O=c1ccc(-c2ccc3ccccc3c2)ccc1[O-].[Na+]. The van der Waals surface area contributed by atoms with E-state index >= 15 is 0 Å². The van der Waals surface area contributed by atoms with Crippen LogP contribution in [0.5, 0.6) is 5.75 Å². The molecule has 3 heteroatoms. The molecule has 0 fully saturated rings. The van der Waals surface area contributed by atoms with E-state index in [0.29, 0.717) is 0 Å². The molecule has 92 valence electrons. The average Bonchev–Trinajstić information content (AvgIpc) is 2.61. The molecule has 0 bridgehead atoms. The van der Waals surface area contributed by atoms with Gasteiger partial charge in [0.1, 0.15) is 0 Å². The molecule has 0 atom stereocenters. The van der Waals surface area contributed by atoms with Gasteiger partial charge in [-0.15, -0.1) is 0 Å². The van der Waals surface area contributed by atoms with Crippen LogP contribution in [0.1, 0.15) is 0 Å². The molecule has 20 heavy (non-hydrogen) atoms. The van der Waals surface area contributed by atoms with Gasteiger partial charge >= 0.3 is 29.6 Å². The van der Waals surface area contributed by atoms with Crippen molar-refractivity contribution >= 4 is 10.8 Å². The van der Waals surface area contributed by atoms with Crippen LogP contribution in [0.3, 0.4) is 0 Å². The minimum Gasteiger partial charge on any atom is -0.870 e. The second-order valence-electron chi connectivity index (χ2n) is 4.41. The molecule has 0 amide bonds. The molecule has 3 aromatic carbocycles. The van der Waals surface area contributed by atoms with E-state index in [1.54, 1.807) is 12.1 Å². The average molecular weight is 270 g/mol. The second kappa shape index (κ2) is 6.23. The molecule has 0 N–H and O–H groups in total. The normalized spacial score (nSPS) is 10.0. The summed E-state index contributed by atoms with van der Waals surface area (Å²) in [6, 6.07) is 20.2. The number of fused-ring (bicyclic) bond motifs is 1. The van der Waals surface area contributed by atoms with Gasteiger partial charge in [0.25, 0.3) is 0 Å². The summed E-state index contributed by atoms with van der Waals surface area (Å²) in [5.41, 5.74) is 1.38. The molecule has 0 heterocycles. The molecule has 0 aliphatic carbocycles. The Hall–Kier alpha value is -1.61. The van der Waals surface area contributed by atoms with Gasteiger partial charge < -0.3 is 5.11 Å². The summed E-state index contributed by atoms with van der Waals surface area (Å²) >= 11 is 0. The topological polar surface area (TPSA) is 40.1 Å². The zero-order valence-electron chi connectivity index (χ0n) is 11.2. The van der Waals surface area contributed by atoms with Crippen LogP contribution in [0.25, 0.3) is 21.9 Å². The molecule has 0 aromatic heterocycles. The first-order chi connectivity index (χ1) is 9.24. The van der Waals surface area contributed by atoms with E-state index in [4.69, 9.17) is 0 Å². The third-order valence-corrected chi connectivity index (χ3v) is 3.15. The second-order valence-corrected chi connectivity index (χ2v) is 4.41. The minimum atomic E-state index is -0.480. The maximum absolute atomic E-state index is 11.3. The molecule has 0 spiro atoms. The fourth-order valence-electron chi connectivity index (χ4n) is 2.11. The van der Waals surface area contributed by atoms with Crippen molar-refractivity contribution in [1.82, 2.24) is 0 Å². The fraction of sp³-hybridized carbons (Fsp3) is 0. The van der Waals surface area contributed by atoms with Gasteiger partial charge in [-0.25, -0.2) is 0 Å². The Bertz CT molecular complexity index is 813. The number of hydrogen-bond acceptors (Lipinski definition) is 2. The van der Waals surface area contributed by atoms with Crippen LogP contribution < -0.4 is 40.1 Å². The van der Waals surface area contributed by atoms with Gasteiger partial charge in [0, 0.05) is 0 Å². The smallest absolute Gasteiger partial charge is 0.870 e. The summed E-state index contributed by atoms with van der Waals surface area (Å²) in [4.78, 5) is 11.3. The largest absolute Gasteiger partial charge is 1.00 e. The number of benzene rings is 2. The monoisotopic (exact) mass is 270 g/mol. The van der Waals surface area contributed by atoms with Crippen LogP contribution in [0.2, 0.25) is 0 Å². The zero-order chi connectivity index (χ0) is 13.2. The van der Waals surface area contributed by atoms with Crippen LogP contribution in [-0.4, -0.2) is 0 Å². The van der Waals surface area contributed by atoms with Gasteiger partial charge in [-0.3, -0.25) is 4.79 Å². The first-order valence-electron chi connectivity index (χ1n) is 6.04. The quantitative estimate of drug-likeness (QED) is 0.581. The van der Waals surface area contributed by atoms with Gasteiger partial charge in [0.05, 0.1) is 0 Å². The van der Waals surface area contributed by atoms with Crippen LogP contribution in [0.4, 0.5) is 0 Å². The van der Waals surface area contributed by atoms with Crippen molar-refractivity contribution in [2.45, 2.75) is 0 Å². The summed E-state index contributed by atoms with van der Waals surface area (Å²) in [5.74, 6) is -0.480. The van der Waals surface area contributed by atoms with Crippen LogP contribution in [0.15, 0.2) is 71.5 Å². The molecule has 0 saturated heterocycles. The van der Waals surface area contributed by atoms with Crippen LogP contribution in [0, 0.1) is 0 Å². The fourth-order valence-corrected chi connectivity index (χ4v) is 2.11. The van der Waals surface area contributed by atoms with Crippen molar-refractivity contribution in [2.75, 3.05) is 0 Å². The van der Waals surface area contributed by atoms with Gasteiger partial charge in [-0.2, -0.15) is 0 Å². The number of hydrogen-bond donors (Lipinski definition) is 0. The Kier molecular flexibility index (Phi) is 4.61. The summed E-state index contributed by atoms with van der Waals surface area (Å²) in [5, 5.41) is 13.6. The molecule has 0 unspecified atom stereocenters. The van der Waals surface area contributed by atoms with E-state index in [1.807, 2.05) is 30.3 Å². The Morgan fingerprint density at radius 1 is 0.700 bits per heavy atom. The Morgan fingerprint density at radius 3 is 2.15 bits per heavy atom. The predicted octanol–water partition coefficient (Wildman–Crippen LogP) is -0.0554. The van der Waals surface area contributed by atoms with E-state index in [1.165, 1.54) is 17.5 Å². The summed E-state index contributed by atoms with van der Waals surface area (Å²) < 4.78 is 0. The molecule has 0 aliphatic rings. The van der Waals surface area contributed by atoms with E-state index in [-0.39, 0.29) is 29.6 Å². The molecule has 3 aromatic rings. The van der Waals surface area contributed by atoms with E-state index < -0.39 is 11.2 Å². The van der Waals surface area contributed by atoms with Crippen molar-refractivity contribution in [3.05, 3.63) is 77.0 Å². The van der Waals surface area contributed by atoms with Gasteiger partial charge in [0.15, 0.2) is 5.43 Å². The molecular formula is C17H11NaO2. The molecule has 2 nitrogen and oxygen atoms in total. The third kappa shape index (κ3) is 2.93. The Balaban J connectivity index is 0.00000147. The maximum atomic E-state index is 11.3. The van der Waals surface area contributed by atoms with Crippen molar-refractivity contribution in [3.8, 4) is 16.9 Å². The molecule has 0 aliphatic heterocycles. The zero-order valence-corrected chi connectivity index (χ0v) is 13.2.